The van der Waals surface area contributed by atoms with Crippen LogP contribution in [0.5, 0.6) is 0 Å². The number of carbonyl (C=O) groups is 3. The Kier molecular flexibility index (Phi) is 5.15. The first-order valence-corrected chi connectivity index (χ1v) is 7.83. The molecule has 3 amide bonds. The molecule has 0 aromatic carbocycles. The van der Waals surface area contributed by atoms with E-state index in [0.717, 1.165) is 32.1 Å². The molecule has 116 valence electrons. The molecular formula is C16H24N2O3. The van der Waals surface area contributed by atoms with E-state index in [4.69, 9.17) is 0 Å². The van der Waals surface area contributed by atoms with E-state index in [1.54, 1.807) is 4.90 Å². The van der Waals surface area contributed by atoms with E-state index < -0.39 is 6.04 Å². The van der Waals surface area contributed by atoms with Crippen LogP contribution < -0.4 is 5.32 Å². The largest absolute Gasteiger partial charge is 0.331 e. The fourth-order valence-electron chi connectivity index (χ4n) is 3.14. The molecule has 1 saturated heterocycles. The Labute approximate surface area is 125 Å². The minimum absolute atomic E-state index is 0.0124. The molecule has 21 heavy (non-hydrogen) atoms. The van der Waals surface area contributed by atoms with E-state index in [0.29, 0.717) is 19.4 Å². The fraction of sp³-hybridized carbons (Fsp3) is 0.688. The van der Waals surface area contributed by atoms with Gasteiger partial charge in [-0.1, -0.05) is 19.1 Å². The van der Waals surface area contributed by atoms with Gasteiger partial charge in [0.1, 0.15) is 6.04 Å². The minimum atomic E-state index is -0.512. The van der Waals surface area contributed by atoms with Gasteiger partial charge in [0.2, 0.25) is 17.7 Å². The van der Waals surface area contributed by atoms with Crippen molar-refractivity contribution in [3.63, 3.8) is 0 Å². The summed E-state index contributed by atoms with van der Waals surface area (Å²) in [5.74, 6) is -0.621. The molecule has 1 aliphatic carbocycles. The van der Waals surface area contributed by atoms with Gasteiger partial charge in [-0.15, -0.1) is 0 Å². The van der Waals surface area contributed by atoms with Gasteiger partial charge in [-0.2, -0.15) is 0 Å². The van der Waals surface area contributed by atoms with Crippen molar-refractivity contribution < 1.29 is 14.4 Å². The zero-order chi connectivity index (χ0) is 15.4. The molecule has 0 unspecified atom stereocenters. The van der Waals surface area contributed by atoms with Crippen LogP contribution >= 0.6 is 0 Å². The fourth-order valence-corrected chi connectivity index (χ4v) is 3.14. The Bertz CT molecular complexity index is 448. The number of nitrogens with zero attached hydrogens (tertiary/aromatic N) is 1. The van der Waals surface area contributed by atoms with Crippen LogP contribution in [0.4, 0.5) is 0 Å². The molecule has 1 saturated carbocycles. The van der Waals surface area contributed by atoms with Gasteiger partial charge in [-0.05, 0) is 38.5 Å². The Morgan fingerprint density at radius 3 is 2.52 bits per heavy atom. The van der Waals surface area contributed by atoms with E-state index in [1.807, 2.05) is 6.92 Å². The van der Waals surface area contributed by atoms with E-state index >= 15 is 0 Å². The zero-order valence-corrected chi connectivity index (χ0v) is 12.7. The third kappa shape index (κ3) is 3.71. The third-order valence-corrected chi connectivity index (χ3v) is 4.49. The highest BCUT2D eigenvalue weighted by atomic mass is 16.2. The van der Waals surface area contributed by atoms with E-state index in [-0.39, 0.29) is 23.6 Å². The summed E-state index contributed by atoms with van der Waals surface area (Å²) in [7, 11) is 0. The molecule has 5 nitrogen and oxygen atoms in total. The van der Waals surface area contributed by atoms with Crippen molar-refractivity contribution >= 4 is 17.7 Å². The molecule has 1 aliphatic heterocycles. The van der Waals surface area contributed by atoms with Gasteiger partial charge in [0, 0.05) is 18.9 Å². The van der Waals surface area contributed by atoms with Gasteiger partial charge in [0.25, 0.3) is 0 Å². The Hall–Kier alpha value is -1.65. The van der Waals surface area contributed by atoms with Gasteiger partial charge in [0.15, 0.2) is 0 Å². The number of likely N-dealkylation sites (tertiary alicyclic amines) is 1. The smallest absolute Gasteiger partial charge is 0.249 e. The van der Waals surface area contributed by atoms with Crippen molar-refractivity contribution in [1.29, 1.82) is 0 Å². The number of nitrogens with one attached hydrogen (secondary N) is 1. The van der Waals surface area contributed by atoms with Crippen molar-refractivity contribution in [2.45, 2.75) is 57.9 Å². The predicted molar refractivity (Wildman–Crippen MR) is 79.3 cm³/mol. The van der Waals surface area contributed by atoms with Crippen LogP contribution in [-0.4, -0.2) is 35.2 Å². The molecule has 1 atom stereocenters. The summed E-state index contributed by atoms with van der Waals surface area (Å²) in [5, 5.41) is 2.51. The van der Waals surface area contributed by atoms with Gasteiger partial charge < -0.3 is 4.90 Å². The first-order valence-electron chi connectivity index (χ1n) is 7.83. The van der Waals surface area contributed by atoms with Gasteiger partial charge in [-0.3, -0.25) is 19.7 Å². The highest BCUT2D eigenvalue weighted by Gasteiger charge is 2.33. The summed E-state index contributed by atoms with van der Waals surface area (Å²) < 4.78 is 0. The molecule has 1 N–H and O–H groups in total. The summed E-state index contributed by atoms with van der Waals surface area (Å²) in [5.41, 5.74) is 1.18. The second-order valence-electron chi connectivity index (χ2n) is 5.99. The molecule has 0 radical (unpaired) electrons. The third-order valence-electron chi connectivity index (χ3n) is 4.49. The normalized spacial score (nSPS) is 21.5. The molecule has 2 aliphatic rings. The summed E-state index contributed by atoms with van der Waals surface area (Å²) >= 11 is 0. The summed E-state index contributed by atoms with van der Waals surface area (Å²) in [6.45, 7) is 6.41. The highest BCUT2D eigenvalue weighted by molar-refractivity contribution is 6.00. The molecule has 2 rings (SSSR count). The number of amides is 3. The molecule has 2 fully saturated rings. The molecule has 0 spiro atoms. The molecule has 5 heteroatoms. The van der Waals surface area contributed by atoms with Gasteiger partial charge in [0.05, 0.1) is 0 Å². The highest BCUT2D eigenvalue weighted by Crippen LogP contribution is 2.27. The van der Waals surface area contributed by atoms with Crippen LogP contribution in [0.25, 0.3) is 0 Å². The van der Waals surface area contributed by atoms with Crippen molar-refractivity contribution in [1.82, 2.24) is 10.2 Å². The van der Waals surface area contributed by atoms with Crippen LogP contribution in [0.2, 0.25) is 0 Å². The lowest BCUT2D eigenvalue weighted by atomic mass is 9.86. The maximum atomic E-state index is 12.3. The quantitative estimate of drug-likeness (QED) is 0.803. The molecular weight excluding hydrogens is 268 g/mol. The van der Waals surface area contributed by atoms with E-state index in [2.05, 4.69) is 11.9 Å². The number of rotatable bonds is 4. The van der Waals surface area contributed by atoms with Gasteiger partial charge in [-0.25, -0.2) is 0 Å². The second kappa shape index (κ2) is 6.87. The monoisotopic (exact) mass is 292 g/mol. The minimum Gasteiger partial charge on any atom is -0.331 e. The number of imide groups is 1. The average Bonchev–Trinajstić information content (AvgIpc) is 2.86. The molecule has 1 heterocycles. The maximum Gasteiger partial charge on any atom is 0.249 e. The molecule has 0 aromatic rings. The van der Waals surface area contributed by atoms with Crippen LogP contribution in [0.3, 0.4) is 0 Å². The zero-order valence-electron chi connectivity index (χ0n) is 12.7. The van der Waals surface area contributed by atoms with Crippen LogP contribution in [0.15, 0.2) is 12.2 Å². The van der Waals surface area contributed by atoms with E-state index in [9.17, 15) is 14.4 Å². The van der Waals surface area contributed by atoms with Gasteiger partial charge >= 0.3 is 0 Å². The van der Waals surface area contributed by atoms with Crippen molar-refractivity contribution in [3.05, 3.63) is 12.2 Å². The first-order chi connectivity index (χ1) is 10.0. The predicted octanol–water partition coefficient (Wildman–Crippen LogP) is 1.78. The summed E-state index contributed by atoms with van der Waals surface area (Å²) in [4.78, 5) is 37.8. The Balaban J connectivity index is 1.91. The second-order valence-corrected chi connectivity index (χ2v) is 5.99. The van der Waals surface area contributed by atoms with Crippen molar-refractivity contribution in [3.8, 4) is 0 Å². The Morgan fingerprint density at radius 1 is 1.33 bits per heavy atom. The van der Waals surface area contributed by atoms with E-state index in [1.165, 1.54) is 5.57 Å². The number of hydrogen-bond donors (Lipinski definition) is 1. The summed E-state index contributed by atoms with van der Waals surface area (Å²) in [6, 6.07) is -0.512. The van der Waals surface area contributed by atoms with Crippen LogP contribution in [0, 0.1) is 5.92 Å². The molecule has 0 bridgehead atoms. The lowest BCUT2D eigenvalue weighted by molar-refractivity contribution is -0.141. The summed E-state index contributed by atoms with van der Waals surface area (Å²) in [6.07, 6.45) is 5.06. The number of hydrogen-bond acceptors (Lipinski definition) is 3. The number of allylic oxidation sites excluding steroid dienone is 1. The topological polar surface area (TPSA) is 66.5 Å². The SMILES string of the molecule is C=C1CCC(C(=O)NC(=O)[C@H](CC)N2CCCC2=O)CC1. The van der Waals surface area contributed by atoms with Crippen molar-refractivity contribution in [2.24, 2.45) is 5.92 Å². The van der Waals surface area contributed by atoms with Crippen molar-refractivity contribution in [2.75, 3.05) is 6.54 Å². The first kappa shape index (κ1) is 15.7. The number of carbonyl (C=O) groups excluding carboxylic acids is 3. The maximum absolute atomic E-state index is 12.3. The van der Waals surface area contributed by atoms with Crippen LogP contribution in [0.1, 0.15) is 51.9 Å². The van der Waals surface area contributed by atoms with Crippen LogP contribution in [-0.2, 0) is 14.4 Å². The lowest BCUT2D eigenvalue weighted by Gasteiger charge is -2.27. The lowest BCUT2D eigenvalue weighted by Crippen LogP contribution is -2.50. The standard InChI is InChI=1S/C16H24N2O3/c1-3-13(18-10-4-5-14(18)19)16(21)17-15(20)12-8-6-11(2)7-9-12/h12-13H,2-10H2,1H3,(H,17,20,21)/t13-/m0/s1. The average molecular weight is 292 g/mol. The molecule has 0 aromatic heterocycles. The Morgan fingerprint density at radius 2 is 2.00 bits per heavy atom.